The Labute approximate surface area is 194 Å². The number of halogens is 3. The standard InChI is InChI=1S/C12H6Br2O.C12H7BrO.H2/c13-7-1-3-11-9(5-7)10-6-8(14)2-4-12(10)15-11;13-8-5-6-12-10(7-8)9-3-1-2-4-11(9)14-12;/h1-6H;1-7H;1H/i;1D;1+1. The molecule has 2 nitrogen and oxygen atoms in total. The van der Waals surface area contributed by atoms with E-state index < -0.39 is 0 Å². The van der Waals surface area contributed by atoms with Gasteiger partial charge in [-0.1, -0.05) is 66.0 Å². The highest BCUT2D eigenvalue weighted by molar-refractivity contribution is 9.11. The summed E-state index contributed by atoms with van der Waals surface area (Å²) in [6.45, 7) is 0. The largest absolute Gasteiger partial charge is 0.456 e. The van der Waals surface area contributed by atoms with Crippen molar-refractivity contribution < 1.29 is 11.6 Å². The molecule has 0 bridgehead atoms. The van der Waals surface area contributed by atoms with Crippen LogP contribution in [0.5, 0.6) is 0 Å². The van der Waals surface area contributed by atoms with Crippen molar-refractivity contribution in [2.45, 2.75) is 0 Å². The maximum atomic E-state index is 7.59. The van der Waals surface area contributed by atoms with Gasteiger partial charge in [-0.25, -0.2) is 0 Å². The molecule has 0 aliphatic heterocycles. The van der Waals surface area contributed by atoms with Gasteiger partial charge in [0.1, 0.15) is 22.3 Å². The van der Waals surface area contributed by atoms with E-state index in [1.165, 1.54) is 0 Å². The molecule has 144 valence electrons. The molecule has 2 aromatic heterocycles. The van der Waals surface area contributed by atoms with Gasteiger partial charge in [-0.05, 0) is 60.7 Å². The van der Waals surface area contributed by atoms with Gasteiger partial charge in [0.05, 0.1) is 1.37 Å². The summed E-state index contributed by atoms with van der Waals surface area (Å²) in [7, 11) is 0. The number of furan rings is 2. The third-order valence-electron chi connectivity index (χ3n) is 4.67. The zero-order valence-corrected chi connectivity index (χ0v) is 19.6. The summed E-state index contributed by atoms with van der Waals surface area (Å²) in [4.78, 5) is 0. The van der Waals surface area contributed by atoms with Crippen molar-refractivity contribution in [3.05, 3.63) is 92.3 Å². The first-order chi connectivity index (χ1) is 14.5. The minimum atomic E-state index is 0. The van der Waals surface area contributed by atoms with E-state index in [0.717, 1.165) is 57.3 Å². The van der Waals surface area contributed by atoms with Crippen LogP contribution in [-0.4, -0.2) is 0 Å². The summed E-state index contributed by atoms with van der Waals surface area (Å²) in [6, 6.07) is 23.9. The van der Waals surface area contributed by atoms with Crippen molar-refractivity contribution in [1.29, 1.82) is 0 Å². The van der Waals surface area contributed by atoms with Gasteiger partial charge in [-0.3, -0.25) is 0 Å². The van der Waals surface area contributed by atoms with Crippen molar-refractivity contribution in [1.82, 2.24) is 0 Å². The number of hydrogen-bond donors (Lipinski definition) is 0. The van der Waals surface area contributed by atoms with Crippen molar-refractivity contribution in [3.8, 4) is 0 Å². The molecule has 0 N–H and O–H groups in total. The van der Waals surface area contributed by atoms with E-state index in [1.807, 2.05) is 54.6 Å². The Kier molecular flexibility index (Phi) is 4.67. The molecule has 0 aliphatic rings. The molecule has 0 unspecified atom stereocenters. The van der Waals surface area contributed by atoms with Crippen molar-refractivity contribution in [3.63, 3.8) is 0 Å². The second-order valence-corrected chi connectivity index (χ2v) is 9.29. The lowest BCUT2D eigenvalue weighted by molar-refractivity contribution is 0.668. The summed E-state index contributed by atoms with van der Waals surface area (Å²) in [5.41, 5.74) is 3.54. The predicted octanol–water partition coefficient (Wildman–Crippen LogP) is 9.71. The highest BCUT2D eigenvalue weighted by Gasteiger charge is 2.07. The Hall–Kier alpha value is -2.08. The summed E-state index contributed by atoms with van der Waals surface area (Å²) in [6.07, 6.45) is 0. The lowest BCUT2D eigenvalue weighted by Gasteiger charge is -1.91. The number of para-hydroxylation sites is 1. The fourth-order valence-electron chi connectivity index (χ4n) is 3.36. The van der Waals surface area contributed by atoms with Gasteiger partial charge in [0.15, 0.2) is 0 Å². The third kappa shape index (κ3) is 3.63. The van der Waals surface area contributed by atoms with Crippen LogP contribution in [0.3, 0.4) is 0 Å². The summed E-state index contributed by atoms with van der Waals surface area (Å²) < 4.78 is 22.1. The average Bonchev–Trinajstić information content (AvgIpc) is 3.26. The SMILES string of the molecule is Brc1ccc2oc3ccc(Br)cc3c2c1.[2HH].[2H]c1ccc2oc3ccc(Br)cc3c2c1. The molecule has 0 aliphatic carbocycles. The number of benzene rings is 4. The Morgan fingerprint density at radius 1 is 0.552 bits per heavy atom. The highest BCUT2D eigenvalue weighted by Crippen LogP contribution is 2.32. The molecule has 0 fully saturated rings. The minimum absolute atomic E-state index is 0. The van der Waals surface area contributed by atoms with Crippen LogP contribution >= 0.6 is 47.8 Å². The number of hydrogen-bond acceptors (Lipinski definition) is 2. The molecule has 6 aromatic rings. The molecule has 0 amide bonds. The number of fused-ring (bicyclic) bond motifs is 6. The molecule has 0 spiro atoms. The van der Waals surface area contributed by atoms with Crippen LogP contribution in [0, 0.1) is 0 Å². The van der Waals surface area contributed by atoms with Crippen LogP contribution in [0.4, 0.5) is 0 Å². The zero-order valence-electron chi connectivity index (χ0n) is 15.9. The second-order valence-electron chi connectivity index (χ2n) is 6.55. The van der Waals surface area contributed by atoms with Crippen LogP contribution in [0.2, 0.25) is 0 Å². The Balaban J connectivity index is 0.000000144. The lowest BCUT2D eigenvalue weighted by Crippen LogP contribution is -1.67. The minimum Gasteiger partial charge on any atom is -0.456 e. The summed E-state index contributed by atoms with van der Waals surface area (Å²) in [5, 5.41) is 4.33. The lowest BCUT2D eigenvalue weighted by atomic mass is 10.2. The van der Waals surface area contributed by atoms with E-state index in [9.17, 15) is 0 Å². The molecule has 0 saturated heterocycles. The Morgan fingerprint density at radius 2 is 0.966 bits per heavy atom. The quantitative estimate of drug-likeness (QED) is 0.180. The molecule has 2 heterocycles. The number of rotatable bonds is 0. The van der Waals surface area contributed by atoms with Crippen molar-refractivity contribution >= 4 is 91.7 Å². The average molecular weight is 577 g/mol. The topological polar surface area (TPSA) is 26.3 Å². The van der Waals surface area contributed by atoms with Crippen LogP contribution < -0.4 is 0 Å². The van der Waals surface area contributed by atoms with Crippen LogP contribution in [-0.2, 0) is 0 Å². The van der Waals surface area contributed by atoms with E-state index in [1.54, 1.807) is 6.07 Å². The molecular formula is C24H15Br3O2. The highest BCUT2D eigenvalue weighted by atomic mass is 79.9. The zero-order chi connectivity index (χ0) is 20.8. The van der Waals surface area contributed by atoms with Crippen molar-refractivity contribution in [2.24, 2.45) is 0 Å². The molecule has 0 atom stereocenters. The first kappa shape index (κ1) is 17.8. The molecular weight excluding hydrogens is 560 g/mol. The van der Waals surface area contributed by atoms with Gasteiger partial charge in [0.25, 0.3) is 0 Å². The Morgan fingerprint density at radius 3 is 1.45 bits per heavy atom. The van der Waals surface area contributed by atoms with Gasteiger partial charge in [-0.2, -0.15) is 0 Å². The fraction of sp³-hybridized carbons (Fsp3) is 0. The van der Waals surface area contributed by atoms with E-state index in [2.05, 4.69) is 59.9 Å². The smallest absolute Gasteiger partial charge is 0.135 e. The summed E-state index contributed by atoms with van der Waals surface area (Å²) >= 11 is 10.4. The van der Waals surface area contributed by atoms with E-state index >= 15 is 0 Å². The third-order valence-corrected chi connectivity index (χ3v) is 6.15. The van der Waals surface area contributed by atoms with Gasteiger partial charge < -0.3 is 8.83 Å². The van der Waals surface area contributed by atoms with Crippen LogP contribution in [0.1, 0.15) is 2.80 Å². The monoisotopic (exact) mass is 574 g/mol. The Bertz CT molecular complexity index is 1320. The second kappa shape index (κ2) is 7.63. The van der Waals surface area contributed by atoms with E-state index in [0.29, 0.717) is 6.04 Å². The van der Waals surface area contributed by atoms with Gasteiger partial charge in [-0.15, -0.1) is 0 Å². The van der Waals surface area contributed by atoms with E-state index in [4.69, 9.17) is 10.2 Å². The first-order valence-corrected chi connectivity index (χ1v) is 11.2. The van der Waals surface area contributed by atoms with Crippen molar-refractivity contribution in [2.75, 3.05) is 0 Å². The molecule has 29 heavy (non-hydrogen) atoms. The van der Waals surface area contributed by atoms with Crippen LogP contribution in [0.15, 0.2) is 101 Å². The van der Waals surface area contributed by atoms with Gasteiger partial charge in [0, 0.05) is 36.4 Å². The van der Waals surface area contributed by atoms with Gasteiger partial charge >= 0.3 is 0 Å². The van der Waals surface area contributed by atoms with Crippen LogP contribution in [0.25, 0.3) is 43.9 Å². The maximum Gasteiger partial charge on any atom is 0.135 e. The van der Waals surface area contributed by atoms with Gasteiger partial charge in [0.2, 0.25) is 0 Å². The van der Waals surface area contributed by atoms with E-state index in [-0.39, 0.29) is 1.43 Å². The maximum absolute atomic E-state index is 7.59. The molecule has 6 rings (SSSR count). The molecule has 0 radical (unpaired) electrons. The molecule has 4 aromatic carbocycles. The normalized spacial score (nSPS) is 11.8. The summed E-state index contributed by atoms with van der Waals surface area (Å²) in [5.74, 6) is 0. The predicted molar refractivity (Wildman–Crippen MR) is 133 cm³/mol. The fourth-order valence-corrected chi connectivity index (χ4v) is 4.44. The molecule has 0 saturated carbocycles. The first-order valence-electron chi connectivity index (χ1n) is 9.34. The molecule has 5 heteroatoms.